The molecule has 3 N–H and O–H groups in total. The van der Waals surface area contributed by atoms with Crippen molar-refractivity contribution >= 4 is 17.5 Å². The molecule has 0 radical (unpaired) electrons. The van der Waals surface area contributed by atoms with Gasteiger partial charge in [-0.2, -0.15) is 18.3 Å². The third-order valence-corrected chi connectivity index (χ3v) is 7.22. The van der Waals surface area contributed by atoms with Gasteiger partial charge in [0.15, 0.2) is 5.69 Å². The van der Waals surface area contributed by atoms with Crippen molar-refractivity contribution < 1.29 is 18.0 Å². The number of hydrogen-bond donors (Lipinski definition) is 2. The molecule has 2 aliphatic carbocycles. The molecule has 6 rings (SSSR count). The van der Waals surface area contributed by atoms with Crippen molar-refractivity contribution in [3.63, 3.8) is 0 Å². The monoisotopic (exact) mass is 483 g/mol. The molecule has 3 aliphatic rings. The van der Waals surface area contributed by atoms with Crippen LogP contribution in [0.1, 0.15) is 51.6 Å². The Morgan fingerprint density at radius 2 is 1.97 bits per heavy atom. The van der Waals surface area contributed by atoms with Crippen molar-refractivity contribution in [2.75, 3.05) is 23.7 Å². The predicted molar refractivity (Wildman–Crippen MR) is 122 cm³/mol. The zero-order valence-corrected chi connectivity index (χ0v) is 18.8. The molecule has 0 spiro atoms. The summed E-state index contributed by atoms with van der Waals surface area (Å²) < 4.78 is 42.3. The number of piperidine rings is 1. The third kappa shape index (κ3) is 4.08. The van der Waals surface area contributed by atoms with Crippen LogP contribution in [0.4, 0.5) is 24.8 Å². The van der Waals surface area contributed by atoms with Gasteiger partial charge in [-0.15, -0.1) is 0 Å². The van der Waals surface area contributed by atoms with Crippen molar-refractivity contribution in [2.45, 2.75) is 38.0 Å². The summed E-state index contributed by atoms with van der Waals surface area (Å²) in [5.41, 5.74) is 6.50. The molecule has 3 aromatic rings. The number of fused-ring (bicyclic) bond motifs is 2. The average molecular weight is 483 g/mol. The maximum Gasteiger partial charge on any atom is 0.435 e. The van der Waals surface area contributed by atoms with Crippen LogP contribution in [-0.2, 0) is 19.1 Å². The van der Waals surface area contributed by atoms with Crippen molar-refractivity contribution in [2.24, 2.45) is 11.8 Å². The van der Waals surface area contributed by atoms with Crippen LogP contribution in [0.15, 0.2) is 36.8 Å². The molecular formula is C24H24F3N7O. The lowest BCUT2D eigenvalue weighted by molar-refractivity contribution is -0.141. The van der Waals surface area contributed by atoms with Crippen LogP contribution in [-0.4, -0.2) is 38.7 Å². The Hall–Kier alpha value is -3.63. The zero-order valence-electron chi connectivity index (χ0n) is 18.8. The molecule has 11 heteroatoms. The fourth-order valence-electron chi connectivity index (χ4n) is 5.30. The number of carbonyl (C=O) groups is 1. The topological polar surface area (TPSA) is 102 Å². The number of nitrogens with one attached hydrogen (secondary N) is 1. The second-order valence-electron chi connectivity index (χ2n) is 9.60. The highest BCUT2D eigenvalue weighted by Crippen LogP contribution is 2.45. The molecule has 0 aromatic carbocycles. The van der Waals surface area contributed by atoms with E-state index in [0.29, 0.717) is 24.2 Å². The smallest absolute Gasteiger partial charge is 0.383 e. The van der Waals surface area contributed by atoms with E-state index in [4.69, 9.17) is 5.73 Å². The number of rotatable bonds is 5. The Labute approximate surface area is 199 Å². The minimum atomic E-state index is -4.77. The summed E-state index contributed by atoms with van der Waals surface area (Å²) in [6.45, 7) is 2.10. The fraction of sp³-hybridized carbons (Fsp3) is 0.417. The van der Waals surface area contributed by atoms with Gasteiger partial charge in [-0.1, -0.05) is 6.07 Å². The van der Waals surface area contributed by atoms with E-state index in [1.54, 1.807) is 12.3 Å². The predicted octanol–water partition coefficient (Wildman–Crippen LogP) is 3.20. The lowest BCUT2D eigenvalue weighted by Gasteiger charge is -2.18. The van der Waals surface area contributed by atoms with E-state index < -0.39 is 29.4 Å². The van der Waals surface area contributed by atoms with Gasteiger partial charge in [0.1, 0.15) is 11.6 Å². The van der Waals surface area contributed by atoms with Crippen molar-refractivity contribution in [1.82, 2.24) is 25.1 Å². The first kappa shape index (κ1) is 21.9. The Bertz CT molecular complexity index is 1280. The number of halogens is 3. The first-order chi connectivity index (χ1) is 16.8. The van der Waals surface area contributed by atoms with E-state index in [1.165, 1.54) is 12.6 Å². The second-order valence-corrected chi connectivity index (χ2v) is 9.60. The highest BCUT2D eigenvalue weighted by molar-refractivity contribution is 5.95. The fourth-order valence-corrected chi connectivity index (χ4v) is 5.30. The molecule has 8 nitrogen and oxygen atoms in total. The molecule has 1 saturated heterocycles. The second kappa shape index (κ2) is 7.96. The highest BCUT2D eigenvalue weighted by Gasteiger charge is 2.45. The van der Waals surface area contributed by atoms with Gasteiger partial charge in [0, 0.05) is 31.7 Å². The number of aromatic nitrogens is 4. The van der Waals surface area contributed by atoms with Gasteiger partial charge in [-0.25, -0.2) is 9.97 Å². The maximum absolute atomic E-state index is 13.7. The van der Waals surface area contributed by atoms with E-state index in [-0.39, 0.29) is 6.54 Å². The van der Waals surface area contributed by atoms with Crippen LogP contribution >= 0.6 is 0 Å². The van der Waals surface area contributed by atoms with Crippen molar-refractivity contribution in [3.8, 4) is 0 Å². The number of pyridine rings is 2. The number of anilines is 2. The first-order valence-electron chi connectivity index (χ1n) is 11.6. The summed E-state index contributed by atoms with van der Waals surface area (Å²) in [7, 11) is 0. The molecule has 2 unspecified atom stereocenters. The number of nitrogens with zero attached hydrogens (tertiary/aromatic N) is 5. The quantitative estimate of drug-likeness (QED) is 0.578. The Morgan fingerprint density at radius 1 is 1.17 bits per heavy atom. The number of nitrogens with two attached hydrogens (primary N) is 1. The molecule has 1 amide bonds. The summed E-state index contributed by atoms with van der Waals surface area (Å²) in [6.07, 6.45) is 2.01. The normalized spacial score (nSPS) is 22.7. The third-order valence-electron chi connectivity index (χ3n) is 7.22. The van der Waals surface area contributed by atoms with Gasteiger partial charge in [0.05, 0.1) is 18.2 Å². The van der Waals surface area contributed by atoms with Crippen LogP contribution in [0, 0.1) is 11.8 Å². The summed E-state index contributed by atoms with van der Waals surface area (Å²) in [5, 5.41) is 6.43. The molecule has 1 aliphatic heterocycles. The van der Waals surface area contributed by atoms with Crippen LogP contribution in [0.25, 0.3) is 0 Å². The lowest BCUT2D eigenvalue weighted by Crippen LogP contribution is -2.28. The number of carbonyl (C=O) groups excluding carboxylic acids is 1. The summed E-state index contributed by atoms with van der Waals surface area (Å²) in [5.74, 6) is 1.99. The molecule has 1 saturated carbocycles. The van der Waals surface area contributed by atoms with E-state index in [9.17, 15) is 18.0 Å². The largest absolute Gasteiger partial charge is 0.435 e. The number of hydrogen-bond acceptors (Lipinski definition) is 6. The van der Waals surface area contributed by atoms with Gasteiger partial charge < -0.3 is 16.0 Å². The van der Waals surface area contributed by atoms with E-state index in [2.05, 4.69) is 25.3 Å². The standard InChI is InChI=1S/C24H24F3N7O/c25-24(26,27)21-18(23(35)31-19-3-2-17-16(19)5-6-29-22(17)28)12-34(32-21)9-13-1-4-20(30-8-13)33-10-14-7-15(14)11-33/h1,4-6,8,12,14-15,19H,2-3,7,9-11H2,(H2,28,29)(H,31,35)/t14?,15?,19-/m1/s1. The minimum Gasteiger partial charge on any atom is -0.383 e. The van der Waals surface area contributed by atoms with Gasteiger partial charge in [0.25, 0.3) is 5.91 Å². The van der Waals surface area contributed by atoms with Gasteiger partial charge in [-0.3, -0.25) is 9.48 Å². The molecule has 0 bridgehead atoms. The first-order valence-corrected chi connectivity index (χ1v) is 11.6. The number of amides is 1. The highest BCUT2D eigenvalue weighted by atomic mass is 19.4. The molecule has 182 valence electrons. The van der Waals surface area contributed by atoms with Crippen LogP contribution in [0.2, 0.25) is 0 Å². The van der Waals surface area contributed by atoms with Gasteiger partial charge in [-0.05, 0) is 59.9 Å². The lowest BCUT2D eigenvalue weighted by atomic mass is 10.1. The average Bonchev–Trinajstić information content (AvgIpc) is 3.18. The summed E-state index contributed by atoms with van der Waals surface area (Å²) >= 11 is 0. The van der Waals surface area contributed by atoms with E-state index in [1.807, 2.05) is 12.1 Å². The Morgan fingerprint density at radius 3 is 2.69 bits per heavy atom. The molecule has 4 heterocycles. The Kier molecular flexibility index (Phi) is 4.97. The maximum atomic E-state index is 13.7. The molecule has 3 aromatic heterocycles. The van der Waals surface area contributed by atoms with Crippen LogP contribution in [0.3, 0.4) is 0 Å². The van der Waals surface area contributed by atoms with E-state index in [0.717, 1.165) is 52.7 Å². The van der Waals surface area contributed by atoms with E-state index >= 15 is 0 Å². The van der Waals surface area contributed by atoms with Gasteiger partial charge in [0.2, 0.25) is 0 Å². The van der Waals surface area contributed by atoms with Crippen LogP contribution < -0.4 is 16.0 Å². The van der Waals surface area contributed by atoms with Gasteiger partial charge >= 0.3 is 6.18 Å². The summed E-state index contributed by atoms with van der Waals surface area (Å²) in [4.78, 5) is 23.7. The Balaban J connectivity index is 1.20. The van der Waals surface area contributed by atoms with Crippen LogP contribution in [0.5, 0.6) is 0 Å². The minimum absolute atomic E-state index is 0.0728. The molecular weight excluding hydrogens is 459 g/mol. The molecule has 35 heavy (non-hydrogen) atoms. The number of alkyl halides is 3. The number of nitrogen functional groups attached to an aromatic ring is 1. The SMILES string of the molecule is Nc1nccc2c1CC[C@H]2NC(=O)c1cn(Cc2ccc(N3CC4CC4C3)nc2)nc1C(F)(F)F. The zero-order chi connectivity index (χ0) is 24.3. The van der Waals surface area contributed by atoms with Crippen molar-refractivity contribution in [3.05, 3.63) is 64.7 Å². The molecule has 3 atom stereocenters. The summed E-state index contributed by atoms with van der Waals surface area (Å²) in [6, 6.07) is 5.04. The molecule has 2 fully saturated rings. The van der Waals surface area contributed by atoms with Crippen molar-refractivity contribution in [1.29, 1.82) is 0 Å².